The second-order valence-electron chi connectivity index (χ2n) is 6.25. The summed E-state index contributed by atoms with van der Waals surface area (Å²) in [5, 5.41) is 6.63. The van der Waals surface area contributed by atoms with Crippen LogP contribution in [0.25, 0.3) is 11.3 Å². The van der Waals surface area contributed by atoms with E-state index in [9.17, 15) is 13.2 Å². The first-order valence-corrected chi connectivity index (χ1v) is 10.8. The number of carbonyl (C=O) groups excluding carboxylic acids is 1. The van der Waals surface area contributed by atoms with Gasteiger partial charge in [0.15, 0.2) is 0 Å². The fourth-order valence-electron chi connectivity index (χ4n) is 2.62. The summed E-state index contributed by atoms with van der Waals surface area (Å²) < 4.78 is 32.0. The zero-order chi connectivity index (χ0) is 20.9. The number of anilines is 1. The summed E-state index contributed by atoms with van der Waals surface area (Å²) in [4.78, 5) is 12.0. The Balaban J connectivity index is 1.53. The average molecular weight is 434 g/mol. The number of hydrogen-bond donors (Lipinski definition) is 2. The molecule has 0 saturated heterocycles. The number of hydrogen-bond acceptors (Lipinski definition) is 5. The molecule has 2 N–H and O–H groups in total. The molecule has 1 amide bonds. The van der Waals surface area contributed by atoms with Crippen molar-refractivity contribution in [3.8, 4) is 11.3 Å². The van der Waals surface area contributed by atoms with Crippen LogP contribution in [0.15, 0.2) is 64.0 Å². The van der Waals surface area contributed by atoms with Gasteiger partial charge in [-0.05, 0) is 24.1 Å². The summed E-state index contributed by atoms with van der Waals surface area (Å²) in [6.45, 7) is 1.99. The molecule has 0 aliphatic carbocycles. The van der Waals surface area contributed by atoms with Crippen molar-refractivity contribution in [3.05, 3.63) is 65.2 Å². The largest absolute Gasteiger partial charge is 0.338 e. The topological polar surface area (TPSA) is 101 Å². The van der Waals surface area contributed by atoms with Crippen LogP contribution in [-0.2, 0) is 21.2 Å². The van der Waals surface area contributed by atoms with E-state index in [2.05, 4.69) is 22.1 Å². The molecule has 1 aromatic heterocycles. The molecule has 1 heterocycles. The average Bonchev–Trinajstić information content (AvgIpc) is 3.16. The van der Waals surface area contributed by atoms with Gasteiger partial charge in [0.25, 0.3) is 0 Å². The Morgan fingerprint density at radius 2 is 1.86 bits per heavy atom. The molecule has 2 aromatic carbocycles. The first-order chi connectivity index (χ1) is 13.9. The van der Waals surface area contributed by atoms with E-state index in [1.807, 2.05) is 24.3 Å². The van der Waals surface area contributed by atoms with E-state index in [1.165, 1.54) is 17.7 Å². The summed E-state index contributed by atoms with van der Waals surface area (Å²) >= 11 is 5.91. The van der Waals surface area contributed by atoms with Crippen molar-refractivity contribution in [2.24, 2.45) is 0 Å². The summed E-state index contributed by atoms with van der Waals surface area (Å²) in [6.07, 6.45) is 0.867. The van der Waals surface area contributed by atoms with E-state index < -0.39 is 15.9 Å². The van der Waals surface area contributed by atoms with Gasteiger partial charge in [0.2, 0.25) is 21.8 Å². The Morgan fingerprint density at radius 1 is 1.14 bits per heavy atom. The van der Waals surface area contributed by atoms with Crippen molar-refractivity contribution in [2.45, 2.75) is 24.7 Å². The van der Waals surface area contributed by atoms with Gasteiger partial charge in [-0.3, -0.25) is 10.1 Å². The predicted octanol–water partition coefficient (Wildman–Crippen LogP) is 3.86. The van der Waals surface area contributed by atoms with Crippen molar-refractivity contribution < 1.29 is 17.7 Å². The van der Waals surface area contributed by atoms with Gasteiger partial charge in [-0.2, -0.15) is 0 Å². The molecule has 3 rings (SSSR count). The number of halogens is 1. The summed E-state index contributed by atoms with van der Waals surface area (Å²) in [5.41, 5.74) is 2.69. The maximum absolute atomic E-state index is 12.2. The van der Waals surface area contributed by atoms with Crippen LogP contribution in [0, 0.1) is 0 Å². The number of aromatic nitrogens is 1. The van der Waals surface area contributed by atoms with Crippen molar-refractivity contribution in [1.29, 1.82) is 0 Å². The van der Waals surface area contributed by atoms with Gasteiger partial charge in [-0.1, -0.05) is 60.1 Å². The van der Waals surface area contributed by atoms with Gasteiger partial charge in [0, 0.05) is 24.6 Å². The summed E-state index contributed by atoms with van der Waals surface area (Å²) in [7, 11) is -3.79. The highest BCUT2D eigenvalue weighted by Gasteiger charge is 2.17. The van der Waals surface area contributed by atoms with Gasteiger partial charge < -0.3 is 4.52 Å². The lowest BCUT2D eigenvalue weighted by molar-refractivity contribution is -0.116. The van der Waals surface area contributed by atoms with E-state index in [0.717, 1.165) is 12.0 Å². The molecule has 3 aromatic rings. The van der Waals surface area contributed by atoms with Crippen molar-refractivity contribution in [1.82, 2.24) is 9.88 Å². The highest BCUT2D eigenvalue weighted by Crippen LogP contribution is 2.23. The van der Waals surface area contributed by atoms with Crippen LogP contribution in [0.3, 0.4) is 0 Å². The molecule has 0 atom stereocenters. The lowest BCUT2D eigenvalue weighted by Crippen LogP contribution is -2.28. The lowest BCUT2D eigenvalue weighted by atomic mass is 10.1. The molecular weight excluding hydrogens is 414 g/mol. The highest BCUT2D eigenvalue weighted by molar-refractivity contribution is 7.89. The number of aryl methyl sites for hydroxylation is 1. The molecule has 0 fully saturated rings. The standard InChI is InChI=1S/C20H20ClN3O4S/c1-2-14-7-9-15(10-8-14)17-13-20(28-24-17)23-19(25)11-12-22-29(26,27)18-6-4-3-5-16(18)21/h3-10,13,22H,2,11-12H2,1H3,(H,23,25). The molecule has 0 spiro atoms. The normalized spacial score (nSPS) is 11.4. The zero-order valence-corrected chi connectivity index (χ0v) is 17.3. The van der Waals surface area contributed by atoms with E-state index in [4.69, 9.17) is 16.1 Å². The molecule has 0 bridgehead atoms. The quantitative estimate of drug-likeness (QED) is 0.561. The van der Waals surface area contributed by atoms with Gasteiger partial charge in [0.05, 0.1) is 5.02 Å². The molecule has 0 radical (unpaired) electrons. The molecule has 29 heavy (non-hydrogen) atoms. The molecule has 0 aliphatic heterocycles. The van der Waals surface area contributed by atoms with Crippen molar-refractivity contribution >= 4 is 33.4 Å². The van der Waals surface area contributed by atoms with Crippen LogP contribution in [0.4, 0.5) is 5.88 Å². The number of carbonyl (C=O) groups is 1. The van der Waals surface area contributed by atoms with E-state index in [-0.39, 0.29) is 28.8 Å². The molecule has 152 valence electrons. The zero-order valence-electron chi connectivity index (χ0n) is 15.7. The number of rotatable bonds is 8. The van der Waals surface area contributed by atoms with Crippen LogP contribution in [0.5, 0.6) is 0 Å². The lowest BCUT2D eigenvalue weighted by Gasteiger charge is -2.07. The third kappa shape index (κ3) is 5.44. The van der Waals surface area contributed by atoms with E-state index in [1.54, 1.807) is 18.2 Å². The maximum atomic E-state index is 12.2. The molecular formula is C20H20ClN3O4S. The molecule has 0 aliphatic rings. The number of sulfonamides is 1. The van der Waals surface area contributed by atoms with Crippen LogP contribution >= 0.6 is 11.6 Å². The van der Waals surface area contributed by atoms with Crippen molar-refractivity contribution in [3.63, 3.8) is 0 Å². The van der Waals surface area contributed by atoms with Crippen LogP contribution in [0.1, 0.15) is 18.9 Å². The molecule has 0 unspecified atom stereocenters. The Hall–Kier alpha value is -2.68. The SMILES string of the molecule is CCc1ccc(-c2cc(NC(=O)CCNS(=O)(=O)c3ccccc3Cl)on2)cc1. The minimum atomic E-state index is -3.79. The number of amides is 1. The molecule has 7 nitrogen and oxygen atoms in total. The first-order valence-electron chi connectivity index (χ1n) is 8.99. The molecule has 0 saturated carbocycles. The molecule has 9 heteroatoms. The van der Waals surface area contributed by atoms with Gasteiger partial charge in [-0.25, -0.2) is 13.1 Å². The van der Waals surface area contributed by atoms with E-state index >= 15 is 0 Å². The van der Waals surface area contributed by atoms with Crippen LogP contribution in [0.2, 0.25) is 5.02 Å². The fraction of sp³-hybridized carbons (Fsp3) is 0.200. The van der Waals surface area contributed by atoms with Crippen LogP contribution in [-0.4, -0.2) is 26.0 Å². The van der Waals surface area contributed by atoms with E-state index in [0.29, 0.717) is 5.69 Å². The summed E-state index contributed by atoms with van der Waals surface area (Å²) in [5.74, 6) is -0.214. The number of nitrogens with one attached hydrogen (secondary N) is 2. The fourth-order valence-corrected chi connectivity index (χ4v) is 4.17. The Morgan fingerprint density at radius 3 is 2.55 bits per heavy atom. The van der Waals surface area contributed by atoms with Crippen LogP contribution < -0.4 is 10.0 Å². The van der Waals surface area contributed by atoms with Crippen molar-refractivity contribution in [2.75, 3.05) is 11.9 Å². The second kappa shape index (κ2) is 9.21. The predicted molar refractivity (Wildman–Crippen MR) is 111 cm³/mol. The Bertz CT molecular complexity index is 1090. The smallest absolute Gasteiger partial charge is 0.242 e. The number of benzene rings is 2. The minimum absolute atomic E-state index is 0.0314. The van der Waals surface area contributed by atoms with Gasteiger partial charge in [0.1, 0.15) is 10.6 Å². The monoisotopic (exact) mass is 433 g/mol. The number of nitrogens with zero attached hydrogens (tertiary/aromatic N) is 1. The van der Waals surface area contributed by atoms with Gasteiger partial charge in [-0.15, -0.1) is 0 Å². The van der Waals surface area contributed by atoms with Gasteiger partial charge >= 0.3 is 0 Å². The highest BCUT2D eigenvalue weighted by atomic mass is 35.5. The Kier molecular flexibility index (Phi) is 6.68. The second-order valence-corrected chi connectivity index (χ2v) is 8.40. The Labute approximate surface area is 174 Å². The first kappa shape index (κ1) is 21.0. The third-order valence-electron chi connectivity index (χ3n) is 4.20. The maximum Gasteiger partial charge on any atom is 0.242 e. The minimum Gasteiger partial charge on any atom is -0.338 e. The third-order valence-corrected chi connectivity index (χ3v) is 6.16. The summed E-state index contributed by atoms with van der Waals surface area (Å²) in [6, 6.07) is 15.6.